The quantitative estimate of drug-likeness (QED) is 0.250. The van der Waals surface area contributed by atoms with E-state index in [9.17, 15) is 19.7 Å². The molecule has 0 saturated heterocycles. The van der Waals surface area contributed by atoms with Gasteiger partial charge in [0.2, 0.25) is 0 Å². The second kappa shape index (κ2) is 10.3. The summed E-state index contributed by atoms with van der Waals surface area (Å²) in [5.74, 6) is -0.739. The maximum atomic E-state index is 12.4. The third-order valence-corrected chi connectivity index (χ3v) is 5.43. The van der Waals surface area contributed by atoms with E-state index in [0.717, 1.165) is 17.8 Å². The molecule has 1 aromatic heterocycles. The Bertz CT molecular complexity index is 1190. The average Bonchev–Trinajstić information content (AvgIpc) is 2.73. The zero-order valence-electron chi connectivity index (χ0n) is 16.3. The van der Waals surface area contributed by atoms with E-state index in [0.29, 0.717) is 26.3 Å². The van der Waals surface area contributed by atoms with E-state index in [1.807, 2.05) is 0 Å². The SMILES string of the molecule is COC(=O)c1cnc(Sc2ccccc2NC(=O)Nc2cc(Cl)cc(Cl)c2)c([N+](=O)[O-])c1. The van der Waals surface area contributed by atoms with E-state index in [2.05, 4.69) is 20.4 Å². The number of anilines is 2. The Kier molecular flexibility index (Phi) is 7.52. The Morgan fingerprint density at radius 3 is 2.44 bits per heavy atom. The first-order valence-electron chi connectivity index (χ1n) is 8.80. The summed E-state index contributed by atoms with van der Waals surface area (Å²) >= 11 is 12.8. The molecule has 1 heterocycles. The number of nitro groups is 1. The summed E-state index contributed by atoms with van der Waals surface area (Å²) in [7, 11) is 1.17. The molecule has 0 aliphatic heterocycles. The number of hydrogen-bond acceptors (Lipinski definition) is 7. The molecule has 2 aromatic carbocycles. The lowest BCUT2D eigenvalue weighted by molar-refractivity contribution is -0.388. The molecule has 0 saturated carbocycles. The lowest BCUT2D eigenvalue weighted by Gasteiger charge is -2.12. The van der Waals surface area contributed by atoms with E-state index >= 15 is 0 Å². The molecular weight excluding hydrogens is 479 g/mol. The maximum Gasteiger partial charge on any atom is 0.339 e. The second-order valence-corrected chi connectivity index (χ2v) is 8.04. The highest BCUT2D eigenvalue weighted by Gasteiger charge is 2.21. The molecule has 0 unspecified atom stereocenters. The van der Waals surface area contributed by atoms with Crippen molar-refractivity contribution in [2.45, 2.75) is 9.92 Å². The molecule has 3 rings (SSSR count). The van der Waals surface area contributed by atoms with Gasteiger partial charge >= 0.3 is 17.7 Å². The molecule has 0 radical (unpaired) electrons. The van der Waals surface area contributed by atoms with Crippen LogP contribution in [0.4, 0.5) is 21.9 Å². The number of methoxy groups -OCH3 is 1. The van der Waals surface area contributed by atoms with Crippen LogP contribution >= 0.6 is 35.0 Å². The Hall–Kier alpha value is -3.34. The molecule has 0 atom stereocenters. The fraction of sp³-hybridized carbons (Fsp3) is 0.0500. The van der Waals surface area contributed by atoms with Gasteiger partial charge in [0.15, 0.2) is 5.03 Å². The zero-order valence-corrected chi connectivity index (χ0v) is 18.6. The number of hydrogen-bond donors (Lipinski definition) is 2. The van der Waals surface area contributed by atoms with Crippen molar-refractivity contribution in [3.63, 3.8) is 0 Å². The summed E-state index contributed by atoms with van der Waals surface area (Å²) in [4.78, 5) is 39.5. The molecule has 9 nitrogen and oxygen atoms in total. The van der Waals surface area contributed by atoms with E-state index in [1.54, 1.807) is 24.3 Å². The van der Waals surface area contributed by atoms with Gasteiger partial charge in [0.25, 0.3) is 0 Å². The van der Waals surface area contributed by atoms with Crippen LogP contribution in [0.15, 0.2) is 64.6 Å². The lowest BCUT2D eigenvalue weighted by atomic mass is 10.3. The normalized spacial score (nSPS) is 10.3. The first-order valence-corrected chi connectivity index (χ1v) is 10.4. The van der Waals surface area contributed by atoms with Gasteiger partial charge in [-0.3, -0.25) is 10.1 Å². The Morgan fingerprint density at radius 1 is 1.09 bits per heavy atom. The van der Waals surface area contributed by atoms with E-state index in [-0.39, 0.29) is 16.3 Å². The number of pyridine rings is 1. The molecule has 0 fully saturated rings. The first kappa shape index (κ1) is 23.3. The number of aromatic nitrogens is 1. The van der Waals surface area contributed by atoms with Crippen molar-refractivity contribution in [2.75, 3.05) is 17.7 Å². The standard InChI is InChI=1S/C20H14Cl2N4O5S/c1-31-19(27)11-6-16(26(29)30)18(23-10-11)32-17-5-3-2-4-15(17)25-20(28)24-14-8-12(21)7-13(22)9-14/h2-10H,1H3,(H2,24,25,28). The molecule has 164 valence electrons. The summed E-state index contributed by atoms with van der Waals surface area (Å²) in [6, 6.07) is 11.8. The van der Waals surface area contributed by atoms with Gasteiger partial charge in [-0.05, 0) is 30.3 Å². The number of carbonyl (C=O) groups is 2. The van der Waals surface area contributed by atoms with Gasteiger partial charge in [0.05, 0.1) is 23.3 Å². The Labute approximate surface area is 196 Å². The number of ether oxygens (including phenoxy) is 1. The number of halogens is 2. The molecular formula is C20H14Cl2N4O5S. The number of benzene rings is 2. The van der Waals surface area contributed by atoms with Crippen molar-refractivity contribution in [3.05, 3.63) is 80.5 Å². The summed E-state index contributed by atoms with van der Waals surface area (Å²) in [6.07, 6.45) is 1.19. The van der Waals surface area contributed by atoms with Gasteiger partial charge in [-0.1, -0.05) is 47.1 Å². The van der Waals surface area contributed by atoms with Crippen molar-refractivity contribution < 1.29 is 19.2 Å². The molecule has 0 spiro atoms. The fourth-order valence-corrected chi connectivity index (χ4v) is 4.01. The number of rotatable bonds is 6. The predicted molar refractivity (Wildman–Crippen MR) is 122 cm³/mol. The van der Waals surface area contributed by atoms with Crippen molar-refractivity contribution >= 4 is 64.0 Å². The number of nitrogens with zero attached hydrogens (tertiary/aromatic N) is 2. The molecule has 2 N–H and O–H groups in total. The lowest BCUT2D eigenvalue weighted by Crippen LogP contribution is -2.19. The third kappa shape index (κ3) is 5.88. The van der Waals surface area contributed by atoms with Crippen LogP contribution in [0.1, 0.15) is 10.4 Å². The fourth-order valence-electron chi connectivity index (χ4n) is 2.55. The monoisotopic (exact) mass is 492 g/mol. The van der Waals surface area contributed by atoms with Gasteiger partial charge in [0.1, 0.15) is 0 Å². The van der Waals surface area contributed by atoms with Gasteiger partial charge < -0.3 is 15.4 Å². The summed E-state index contributed by atoms with van der Waals surface area (Å²) < 4.78 is 4.58. The van der Waals surface area contributed by atoms with Gasteiger partial charge in [-0.15, -0.1) is 0 Å². The van der Waals surface area contributed by atoms with Crippen LogP contribution in [0, 0.1) is 10.1 Å². The van der Waals surface area contributed by atoms with Crippen molar-refractivity contribution in [1.29, 1.82) is 0 Å². The summed E-state index contributed by atoms with van der Waals surface area (Å²) in [6.45, 7) is 0. The highest BCUT2D eigenvalue weighted by molar-refractivity contribution is 7.99. The van der Waals surface area contributed by atoms with Crippen molar-refractivity contribution in [3.8, 4) is 0 Å². The number of para-hydroxylation sites is 1. The molecule has 32 heavy (non-hydrogen) atoms. The minimum Gasteiger partial charge on any atom is -0.465 e. The van der Waals surface area contributed by atoms with Crippen molar-refractivity contribution in [1.82, 2.24) is 4.98 Å². The molecule has 12 heteroatoms. The van der Waals surface area contributed by atoms with Crippen LogP contribution in [0.5, 0.6) is 0 Å². The molecule has 0 aliphatic carbocycles. The minimum absolute atomic E-state index is 0.0407. The molecule has 2 amide bonds. The number of esters is 1. The zero-order chi connectivity index (χ0) is 23.3. The van der Waals surface area contributed by atoms with Gasteiger partial charge in [-0.2, -0.15) is 0 Å². The van der Waals surface area contributed by atoms with Gasteiger partial charge in [0, 0.05) is 32.9 Å². The molecule has 0 aliphatic rings. The first-order chi connectivity index (χ1) is 15.3. The Morgan fingerprint density at radius 2 is 1.78 bits per heavy atom. The second-order valence-electron chi connectivity index (χ2n) is 6.13. The number of urea groups is 1. The maximum absolute atomic E-state index is 12.4. The summed E-state index contributed by atoms with van der Waals surface area (Å²) in [5, 5.41) is 17.5. The van der Waals surface area contributed by atoms with Crippen LogP contribution < -0.4 is 10.6 Å². The third-order valence-electron chi connectivity index (χ3n) is 3.91. The molecule has 0 bridgehead atoms. The van der Waals surface area contributed by atoms with Gasteiger partial charge in [-0.25, -0.2) is 14.6 Å². The highest BCUT2D eigenvalue weighted by Crippen LogP contribution is 2.37. The average molecular weight is 493 g/mol. The van der Waals surface area contributed by atoms with E-state index in [4.69, 9.17) is 23.2 Å². The van der Waals surface area contributed by atoms with Crippen LogP contribution in [-0.4, -0.2) is 29.0 Å². The number of nitrogens with one attached hydrogen (secondary N) is 2. The van der Waals surface area contributed by atoms with Crippen molar-refractivity contribution in [2.24, 2.45) is 0 Å². The smallest absolute Gasteiger partial charge is 0.339 e. The number of carbonyl (C=O) groups excluding carboxylic acids is 2. The molecule has 3 aromatic rings. The topological polar surface area (TPSA) is 123 Å². The van der Waals surface area contributed by atoms with E-state index in [1.165, 1.54) is 31.5 Å². The predicted octanol–water partition coefficient (Wildman–Crippen LogP) is 5.88. The highest BCUT2D eigenvalue weighted by atomic mass is 35.5. The van der Waals surface area contributed by atoms with E-state index < -0.39 is 16.9 Å². The van der Waals surface area contributed by atoms with Crippen LogP contribution in [0.25, 0.3) is 0 Å². The minimum atomic E-state index is -0.739. The largest absolute Gasteiger partial charge is 0.465 e. The summed E-state index contributed by atoms with van der Waals surface area (Å²) in [5.41, 5.74) is 0.359. The Balaban J connectivity index is 1.83. The van der Waals surface area contributed by atoms with Crippen LogP contribution in [0.2, 0.25) is 10.0 Å². The number of amides is 2. The van der Waals surface area contributed by atoms with Crippen LogP contribution in [-0.2, 0) is 4.74 Å². The van der Waals surface area contributed by atoms with Crippen LogP contribution in [0.3, 0.4) is 0 Å².